The molecule has 0 bridgehead atoms. The molecule has 8 heteroatoms. The van der Waals surface area contributed by atoms with Crippen LogP contribution in [0.25, 0.3) is 0 Å². The summed E-state index contributed by atoms with van der Waals surface area (Å²) in [6.07, 6.45) is 0. The number of aryl methyl sites for hydroxylation is 1. The molecular weight excluding hydrogens is 420 g/mol. The van der Waals surface area contributed by atoms with E-state index in [0.29, 0.717) is 16.2 Å². The Bertz CT molecular complexity index is 910. The van der Waals surface area contributed by atoms with Gasteiger partial charge in [0.25, 0.3) is 5.91 Å². The van der Waals surface area contributed by atoms with Crippen molar-refractivity contribution < 1.29 is 19.1 Å². The van der Waals surface area contributed by atoms with E-state index in [0.717, 1.165) is 14.2 Å². The number of Topliss-reactive ketones (excluding diaryl/α,β-unsaturated/α-hetero) is 1. The van der Waals surface area contributed by atoms with Crippen molar-refractivity contribution in [3.8, 4) is 5.75 Å². The molecule has 1 aromatic heterocycles. The second-order valence-electron chi connectivity index (χ2n) is 6.18. The monoisotopic (exact) mass is 436 g/mol. The topological polar surface area (TPSA) is 75.7 Å². The van der Waals surface area contributed by atoms with Crippen molar-refractivity contribution in [2.75, 3.05) is 13.7 Å². The number of ether oxygens (including phenoxy) is 1. The molecule has 0 radical (unpaired) electrons. The number of urea groups is 1. The number of nitrogens with one attached hydrogen (secondary N) is 1. The first kappa shape index (κ1) is 18.6. The first-order valence-corrected chi connectivity index (χ1v) is 9.45. The maximum absolute atomic E-state index is 12.9. The lowest BCUT2D eigenvalue weighted by atomic mass is 10.00. The van der Waals surface area contributed by atoms with Crippen molar-refractivity contribution in [3.05, 3.63) is 50.1 Å². The van der Waals surface area contributed by atoms with Gasteiger partial charge < -0.3 is 10.1 Å². The van der Waals surface area contributed by atoms with E-state index in [2.05, 4.69) is 21.2 Å². The lowest BCUT2D eigenvalue weighted by molar-refractivity contribution is -0.130. The maximum atomic E-state index is 12.9. The molecule has 1 atom stereocenters. The number of thiophene rings is 1. The van der Waals surface area contributed by atoms with Gasteiger partial charge in [0.1, 0.15) is 5.75 Å². The van der Waals surface area contributed by atoms with Crippen molar-refractivity contribution in [3.63, 3.8) is 0 Å². The number of benzene rings is 1. The second-order valence-corrected chi connectivity index (χ2v) is 8.64. The third-order valence-corrected chi connectivity index (χ3v) is 6.14. The fourth-order valence-corrected chi connectivity index (χ4v) is 4.34. The highest BCUT2D eigenvalue weighted by molar-refractivity contribution is 9.11. The molecule has 0 saturated carbocycles. The lowest BCUT2D eigenvalue weighted by Crippen LogP contribution is -2.40. The van der Waals surface area contributed by atoms with E-state index in [4.69, 9.17) is 4.74 Å². The minimum absolute atomic E-state index is 0.341. The molecule has 1 aromatic carbocycles. The molecule has 136 valence electrons. The fourth-order valence-electron chi connectivity index (χ4n) is 2.86. The normalized spacial score (nSPS) is 19.6. The van der Waals surface area contributed by atoms with Crippen molar-refractivity contribution in [1.82, 2.24) is 10.2 Å². The Morgan fingerprint density at radius 1 is 1.31 bits per heavy atom. The largest absolute Gasteiger partial charge is 0.496 e. The van der Waals surface area contributed by atoms with Crippen molar-refractivity contribution in [2.24, 2.45) is 0 Å². The average Bonchev–Trinajstić information content (AvgIpc) is 3.13. The average molecular weight is 437 g/mol. The first-order valence-electron chi connectivity index (χ1n) is 7.84. The molecule has 1 aliphatic rings. The summed E-state index contributed by atoms with van der Waals surface area (Å²) in [5.41, 5.74) is 0.0604. The molecule has 1 fully saturated rings. The molecule has 2 heterocycles. The van der Waals surface area contributed by atoms with Gasteiger partial charge in [0.15, 0.2) is 11.3 Å². The summed E-state index contributed by atoms with van der Waals surface area (Å²) in [5.74, 6) is -0.389. The van der Waals surface area contributed by atoms with Crippen LogP contribution < -0.4 is 10.1 Å². The minimum atomic E-state index is -1.18. The zero-order valence-corrected chi connectivity index (χ0v) is 16.9. The molecule has 6 nitrogen and oxygen atoms in total. The number of carbonyl (C=O) groups is 3. The Kier molecular flexibility index (Phi) is 4.90. The third-order valence-electron chi connectivity index (χ3n) is 4.30. The van der Waals surface area contributed by atoms with E-state index in [1.807, 2.05) is 19.1 Å². The first-order chi connectivity index (χ1) is 12.3. The Morgan fingerprint density at radius 2 is 2.04 bits per heavy atom. The molecule has 26 heavy (non-hydrogen) atoms. The van der Waals surface area contributed by atoms with Crippen LogP contribution in [0.15, 0.2) is 34.1 Å². The molecule has 3 amide bonds. The van der Waals surface area contributed by atoms with Crippen LogP contribution in [0.4, 0.5) is 4.79 Å². The molecule has 1 N–H and O–H groups in total. The minimum Gasteiger partial charge on any atom is -0.496 e. The van der Waals surface area contributed by atoms with E-state index in [1.165, 1.54) is 18.4 Å². The standard InChI is InChI=1S/C18H17BrN2O4S/c1-10-4-5-13(25-3)11(8-10)12(22)9-21-16(23)18(2,20-17(21)24)14-6-7-15(19)26-14/h4-8H,9H2,1-3H3,(H,20,24). The maximum Gasteiger partial charge on any atom is 0.325 e. The van der Waals surface area contributed by atoms with Crippen LogP contribution in [-0.2, 0) is 10.3 Å². The Morgan fingerprint density at radius 3 is 2.65 bits per heavy atom. The number of ketones is 1. The number of carbonyl (C=O) groups excluding carboxylic acids is 3. The molecule has 1 aliphatic heterocycles. The van der Waals surface area contributed by atoms with Gasteiger partial charge in [-0.25, -0.2) is 4.79 Å². The Labute approximate surface area is 163 Å². The molecule has 1 saturated heterocycles. The molecular formula is C18H17BrN2O4S. The summed E-state index contributed by atoms with van der Waals surface area (Å²) in [6, 6.07) is 8.23. The lowest BCUT2D eigenvalue weighted by Gasteiger charge is -2.20. The summed E-state index contributed by atoms with van der Waals surface area (Å²) in [4.78, 5) is 39.6. The smallest absolute Gasteiger partial charge is 0.325 e. The summed E-state index contributed by atoms with van der Waals surface area (Å²) in [6.45, 7) is 3.16. The summed E-state index contributed by atoms with van der Waals surface area (Å²) >= 11 is 4.72. The Hall–Kier alpha value is -2.19. The van der Waals surface area contributed by atoms with Crippen molar-refractivity contribution in [1.29, 1.82) is 0 Å². The number of imide groups is 1. The molecule has 2 aromatic rings. The second kappa shape index (κ2) is 6.85. The van der Waals surface area contributed by atoms with Crippen LogP contribution in [-0.4, -0.2) is 36.3 Å². The molecule has 1 unspecified atom stereocenters. The third kappa shape index (κ3) is 3.14. The SMILES string of the molecule is COc1ccc(C)cc1C(=O)CN1C(=O)NC(C)(c2ccc(Br)s2)C1=O. The predicted octanol–water partition coefficient (Wildman–Crippen LogP) is 3.48. The van der Waals surface area contributed by atoms with E-state index in [1.54, 1.807) is 25.1 Å². The van der Waals surface area contributed by atoms with Crippen LogP contribution in [0.1, 0.15) is 27.7 Å². The Balaban J connectivity index is 1.87. The van der Waals surface area contributed by atoms with Gasteiger partial charge >= 0.3 is 6.03 Å². The number of rotatable bonds is 5. The number of hydrogen-bond acceptors (Lipinski definition) is 5. The summed E-state index contributed by atoms with van der Waals surface area (Å²) < 4.78 is 6.08. The van der Waals surface area contributed by atoms with Gasteiger partial charge in [0.05, 0.1) is 23.0 Å². The van der Waals surface area contributed by atoms with Crippen LogP contribution >= 0.6 is 27.3 Å². The quantitative estimate of drug-likeness (QED) is 0.574. The van der Waals surface area contributed by atoms with Crippen LogP contribution in [0.5, 0.6) is 5.75 Å². The number of halogens is 1. The van der Waals surface area contributed by atoms with Gasteiger partial charge in [-0.1, -0.05) is 11.6 Å². The van der Waals surface area contributed by atoms with E-state index in [-0.39, 0.29) is 12.3 Å². The van der Waals surface area contributed by atoms with E-state index >= 15 is 0 Å². The van der Waals surface area contributed by atoms with Crippen LogP contribution in [0, 0.1) is 6.92 Å². The van der Waals surface area contributed by atoms with Crippen LogP contribution in [0.3, 0.4) is 0 Å². The van der Waals surface area contributed by atoms with E-state index < -0.39 is 17.5 Å². The zero-order chi connectivity index (χ0) is 19.1. The highest BCUT2D eigenvalue weighted by Gasteiger charge is 2.50. The van der Waals surface area contributed by atoms with Gasteiger partial charge in [-0.2, -0.15) is 0 Å². The molecule has 0 aliphatic carbocycles. The van der Waals surface area contributed by atoms with Gasteiger partial charge in [-0.15, -0.1) is 11.3 Å². The van der Waals surface area contributed by atoms with Gasteiger partial charge in [0.2, 0.25) is 0 Å². The predicted molar refractivity (Wildman–Crippen MR) is 102 cm³/mol. The zero-order valence-electron chi connectivity index (χ0n) is 14.5. The highest BCUT2D eigenvalue weighted by atomic mass is 79.9. The van der Waals surface area contributed by atoms with Gasteiger partial charge in [0, 0.05) is 4.88 Å². The van der Waals surface area contributed by atoms with Gasteiger partial charge in [-0.05, 0) is 54.0 Å². The number of methoxy groups -OCH3 is 1. The van der Waals surface area contributed by atoms with Gasteiger partial charge in [-0.3, -0.25) is 14.5 Å². The summed E-state index contributed by atoms with van der Waals surface area (Å²) in [7, 11) is 1.47. The van der Waals surface area contributed by atoms with Crippen molar-refractivity contribution >= 4 is 45.0 Å². The fraction of sp³-hybridized carbons (Fsp3) is 0.278. The van der Waals surface area contributed by atoms with Crippen LogP contribution in [0.2, 0.25) is 0 Å². The van der Waals surface area contributed by atoms with Crippen molar-refractivity contribution in [2.45, 2.75) is 19.4 Å². The number of nitrogens with zero attached hydrogens (tertiary/aromatic N) is 1. The molecule has 0 spiro atoms. The number of hydrogen-bond donors (Lipinski definition) is 1. The molecule has 3 rings (SSSR count). The summed E-state index contributed by atoms with van der Waals surface area (Å²) in [5, 5.41) is 2.70. The highest BCUT2D eigenvalue weighted by Crippen LogP contribution is 2.35. The van der Waals surface area contributed by atoms with E-state index in [9.17, 15) is 14.4 Å². The number of amides is 3.